The van der Waals surface area contributed by atoms with Gasteiger partial charge < -0.3 is 20.3 Å². The lowest BCUT2D eigenvalue weighted by Crippen LogP contribution is -2.46. The highest BCUT2D eigenvalue weighted by atomic mass is 35.5. The van der Waals surface area contributed by atoms with Gasteiger partial charge in [-0.15, -0.1) is 24.8 Å². The van der Waals surface area contributed by atoms with Crippen LogP contribution in [0.25, 0.3) is 0 Å². The Bertz CT molecular complexity index is 760. The molecule has 0 saturated heterocycles. The second-order valence-electron chi connectivity index (χ2n) is 6.82. The normalized spacial score (nSPS) is 20.0. The standard InChI is InChI=1S/C20H24N2O3.2ClH/c1-22-10-9-15-14(7-8-17-20(15)25-12-24-17)19(22)18(21)16(11-23)13-5-3-2-4-6-13;;/h2-8,16,18-19,23H,9-12,21H2,1H3;2*1H/t16?,18-,19?;;/m1../s1. The van der Waals surface area contributed by atoms with Crippen molar-refractivity contribution in [2.24, 2.45) is 5.73 Å². The van der Waals surface area contributed by atoms with Gasteiger partial charge in [0.15, 0.2) is 11.5 Å². The number of benzene rings is 2. The molecule has 27 heavy (non-hydrogen) atoms. The van der Waals surface area contributed by atoms with E-state index in [1.54, 1.807) is 0 Å². The molecule has 0 radical (unpaired) electrons. The number of likely N-dealkylation sites (N-methyl/N-ethyl adjacent to an activating group) is 1. The third-order valence-corrected chi connectivity index (χ3v) is 5.44. The van der Waals surface area contributed by atoms with Crippen LogP contribution in [0.4, 0.5) is 0 Å². The highest BCUT2D eigenvalue weighted by Crippen LogP contribution is 2.44. The van der Waals surface area contributed by atoms with Gasteiger partial charge in [0.05, 0.1) is 12.6 Å². The van der Waals surface area contributed by atoms with Gasteiger partial charge in [-0.25, -0.2) is 0 Å². The fourth-order valence-electron chi connectivity index (χ4n) is 4.12. The minimum atomic E-state index is -0.225. The molecular formula is C20H26Cl2N2O3. The third kappa shape index (κ3) is 3.89. The minimum absolute atomic E-state index is 0. The Labute approximate surface area is 172 Å². The molecule has 3 N–H and O–H groups in total. The molecule has 0 amide bonds. The van der Waals surface area contributed by atoms with Crippen LogP contribution in [0.2, 0.25) is 0 Å². The Kier molecular flexibility index (Phi) is 7.37. The number of hydrogen-bond donors (Lipinski definition) is 2. The first-order valence-corrected chi connectivity index (χ1v) is 8.73. The number of fused-ring (bicyclic) bond motifs is 3. The average Bonchev–Trinajstić information content (AvgIpc) is 3.12. The summed E-state index contributed by atoms with van der Waals surface area (Å²) >= 11 is 0. The molecule has 4 rings (SSSR count). The van der Waals surface area contributed by atoms with Crippen LogP contribution in [-0.4, -0.2) is 43.0 Å². The largest absolute Gasteiger partial charge is 0.454 e. The molecule has 148 valence electrons. The predicted molar refractivity (Wildman–Crippen MR) is 110 cm³/mol. The quantitative estimate of drug-likeness (QED) is 0.807. The summed E-state index contributed by atoms with van der Waals surface area (Å²) in [7, 11) is 2.09. The summed E-state index contributed by atoms with van der Waals surface area (Å²) in [6.45, 7) is 1.20. The van der Waals surface area contributed by atoms with E-state index in [-0.39, 0.29) is 56.2 Å². The number of ether oxygens (including phenoxy) is 2. The maximum atomic E-state index is 10.0. The van der Waals surface area contributed by atoms with Gasteiger partial charge in [0, 0.05) is 24.1 Å². The molecule has 0 spiro atoms. The second-order valence-corrected chi connectivity index (χ2v) is 6.82. The lowest BCUT2D eigenvalue weighted by atomic mass is 9.81. The van der Waals surface area contributed by atoms with Crippen LogP contribution in [0.3, 0.4) is 0 Å². The first-order valence-electron chi connectivity index (χ1n) is 8.73. The Morgan fingerprint density at radius 2 is 1.89 bits per heavy atom. The molecule has 5 nitrogen and oxygen atoms in total. The molecule has 2 aliphatic rings. The highest BCUT2D eigenvalue weighted by Gasteiger charge is 2.37. The number of hydrogen-bond acceptors (Lipinski definition) is 5. The highest BCUT2D eigenvalue weighted by molar-refractivity contribution is 5.85. The molecule has 2 unspecified atom stereocenters. The zero-order valence-corrected chi connectivity index (χ0v) is 16.8. The zero-order chi connectivity index (χ0) is 17.4. The molecule has 2 aliphatic heterocycles. The van der Waals surface area contributed by atoms with Crippen molar-refractivity contribution in [1.82, 2.24) is 4.90 Å². The number of aliphatic hydroxyl groups excluding tert-OH is 1. The van der Waals surface area contributed by atoms with E-state index in [0.717, 1.165) is 30.0 Å². The summed E-state index contributed by atoms with van der Waals surface area (Å²) in [6, 6.07) is 13.9. The van der Waals surface area contributed by atoms with Crippen LogP contribution in [0.5, 0.6) is 11.5 Å². The second kappa shape index (κ2) is 9.13. The molecule has 0 fully saturated rings. The van der Waals surface area contributed by atoms with Crippen LogP contribution in [-0.2, 0) is 6.42 Å². The van der Waals surface area contributed by atoms with E-state index in [0.29, 0.717) is 0 Å². The number of rotatable bonds is 4. The van der Waals surface area contributed by atoms with Gasteiger partial charge in [0.2, 0.25) is 6.79 Å². The van der Waals surface area contributed by atoms with E-state index < -0.39 is 0 Å². The van der Waals surface area contributed by atoms with Crippen molar-refractivity contribution in [3.63, 3.8) is 0 Å². The lowest BCUT2D eigenvalue weighted by Gasteiger charge is -2.41. The van der Waals surface area contributed by atoms with E-state index in [2.05, 4.69) is 18.0 Å². The fourth-order valence-corrected chi connectivity index (χ4v) is 4.12. The lowest BCUT2D eigenvalue weighted by molar-refractivity contribution is 0.154. The minimum Gasteiger partial charge on any atom is -0.454 e. The Balaban J connectivity index is 0.00000131. The number of nitrogens with zero attached hydrogens (tertiary/aromatic N) is 1. The molecule has 0 saturated carbocycles. The Morgan fingerprint density at radius 1 is 1.15 bits per heavy atom. The van der Waals surface area contributed by atoms with Gasteiger partial charge in [-0.2, -0.15) is 0 Å². The van der Waals surface area contributed by atoms with E-state index in [4.69, 9.17) is 15.2 Å². The topological polar surface area (TPSA) is 68.0 Å². The Morgan fingerprint density at radius 3 is 2.59 bits per heavy atom. The summed E-state index contributed by atoms with van der Waals surface area (Å²) in [4.78, 5) is 2.28. The van der Waals surface area contributed by atoms with Gasteiger partial charge in [-0.1, -0.05) is 36.4 Å². The van der Waals surface area contributed by atoms with Gasteiger partial charge in [0.1, 0.15) is 0 Å². The number of nitrogens with two attached hydrogens (primary N) is 1. The molecule has 2 aromatic rings. The number of aliphatic hydroxyl groups is 1. The molecule has 2 heterocycles. The molecule has 2 aromatic carbocycles. The Hall–Kier alpha value is -1.50. The first kappa shape index (κ1) is 21.8. The van der Waals surface area contributed by atoms with Gasteiger partial charge in [0.25, 0.3) is 0 Å². The molecule has 0 aromatic heterocycles. The van der Waals surface area contributed by atoms with Crippen molar-refractivity contribution in [1.29, 1.82) is 0 Å². The van der Waals surface area contributed by atoms with Crippen molar-refractivity contribution < 1.29 is 14.6 Å². The first-order chi connectivity index (χ1) is 12.2. The van der Waals surface area contributed by atoms with Crippen LogP contribution < -0.4 is 15.2 Å². The summed E-state index contributed by atoms with van der Waals surface area (Å²) < 4.78 is 11.2. The zero-order valence-electron chi connectivity index (χ0n) is 15.2. The fraction of sp³-hybridized carbons (Fsp3) is 0.400. The van der Waals surface area contributed by atoms with Gasteiger partial charge >= 0.3 is 0 Å². The van der Waals surface area contributed by atoms with Crippen molar-refractivity contribution in [2.45, 2.75) is 24.4 Å². The summed E-state index contributed by atoms with van der Waals surface area (Å²) in [6.07, 6.45) is 0.913. The molecule has 0 aliphatic carbocycles. The maximum absolute atomic E-state index is 10.0. The van der Waals surface area contributed by atoms with Crippen LogP contribution in [0, 0.1) is 0 Å². The van der Waals surface area contributed by atoms with E-state index in [9.17, 15) is 5.11 Å². The van der Waals surface area contributed by atoms with Crippen molar-refractivity contribution in [3.8, 4) is 11.5 Å². The van der Waals surface area contributed by atoms with Crippen LogP contribution in [0.1, 0.15) is 28.7 Å². The number of halogens is 2. The van der Waals surface area contributed by atoms with E-state index in [1.807, 2.05) is 36.4 Å². The van der Waals surface area contributed by atoms with Crippen LogP contribution in [0.15, 0.2) is 42.5 Å². The van der Waals surface area contributed by atoms with Gasteiger partial charge in [-0.3, -0.25) is 4.90 Å². The SMILES string of the molecule is CN1CCc2c(ccc3c2OCO3)C1[C@H](N)C(CO)c1ccccc1.Cl.Cl. The summed E-state index contributed by atoms with van der Waals surface area (Å²) in [5.74, 6) is 1.56. The molecular weight excluding hydrogens is 387 g/mol. The monoisotopic (exact) mass is 412 g/mol. The predicted octanol–water partition coefficient (Wildman–Crippen LogP) is 2.89. The third-order valence-electron chi connectivity index (χ3n) is 5.44. The van der Waals surface area contributed by atoms with Crippen molar-refractivity contribution >= 4 is 24.8 Å². The van der Waals surface area contributed by atoms with Gasteiger partial charge in [-0.05, 0) is 30.7 Å². The summed E-state index contributed by atoms with van der Waals surface area (Å²) in [5.41, 5.74) is 10.2. The molecule has 0 bridgehead atoms. The average molecular weight is 413 g/mol. The smallest absolute Gasteiger partial charge is 0.231 e. The van der Waals surface area contributed by atoms with E-state index >= 15 is 0 Å². The summed E-state index contributed by atoms with van der Waals surface area (Å²) in [5, 5.41) is 10.0. The van der Waals surface area contributed by atoms with Crippen LogP contribution >= 0.6 is 24.8 Å². The van der Waals surface area contributed by atoms with E-state index in [1.165, 1.54) is 11.1 Å². The van der Waals surface area contributed by atoms with Crippen molar-refractivity contribution in [3.05, 3.63) is 59.2 Å². The molecule has 3 atom stereocenters. The molecule has 7 heteroatoms. The maximum Gasteiger partial charge on any atom is 0.231 e. The van der Waals surface area contributed by atoms with Crippen molar-refractivity contribution in [2.75, 3.05) is 27.0 Å².